The van der Waals surface area contributed by atoms with E-state index < -0.39 is 0 Å². The van der Waals surface area contributed by atoms with Gasteiger partial charge in [-0.2, -0.15) is 0 Å². The largest absolute Gasteiger partial charge is 0.469 e. The van der Waals surface area contributed by atoms with Crippen molar-refractivity contribution >= 4 is 11.9 Å². The van der Waals surface area contributed by atoms with Crippen LogP contribution in [0.4, 0.5) is 0 Å². The summed E-state index contributed by atoms with van der Waals surface area (Å²) in [6, 6.07) is 0. The molecule has 0 bridgehead atoms. The maximum absolute atomic E-state index is 11.0. The zero-order valence-corrected chi connectivity index (χ0v) is 15.0. The summed E-state index contributed by atoms with van der Waals surface area (Å²) in [5.41, 5.74) is 0.346. The molecule has 134 valence electrons. The zero-order chi connectivity index (χ0) is 17.0. The number of carbonyl (C=O) groups excluding carboxylic acids is 1. The lowest BCUT2D eigenvalue weighted by molar-refractivity contribution is -0.140. The Kier molecular flexibility index (Phi) is 9.67. The van der Waals surface area contributed by atoms with Crippen molar-refractivity contribution < 1.29 is 14.3 Å². The third-order valence-electron chi connectivity index (χ3n) is 4.68. The second-order valence-corrected chi connectivity index (χ2v) is 6.34. The predicted octanol–water partition coefficient (Wildman–Crippen LogP) is 2.09. The molecule has 6 heteroatoms. The van der Waals surface area contributed by atoms with Crippen LogP contribution in [-0.2, 0) is 14.3 Å². The van der Waals surface area contributed by atoms with Gasteiger partial charge >= 0.3 is 5.97 Å². The molecule has 0 aromatic heterocycles. The van der Waals surface area contributed by atoms with Crippen molar-refractivity contribution in [3.05, 3.63) is 0 Å². The number of rotatable bonds is 10. The monoisotopic (exact) mass is 327 g/mol. The highest BCUT2D eigenvalue weighted by atomic mass is 16.5. The third-order valence-corrected chi connectivity index (χ3v) is 4.68. The van der Waals surface area contributed by atoms with E-state index in [-0.39, 0.29) is 5.97 Å². The number of nitrogens with one attached hydrogen (secondary N) is 2. The summed E-state index contributed by atoms with van der Waals surface area (Å²) in [4.78, 5) is 15.3. The molecule has 0 aliphatic heterocycles. The average molecular weight is 327 g/mol. The Morgan fingerprint density at radius 2 is 1.91 bits per heavy atom. The van der Waals surface area contributed by atoms with Crippen molar-refractivity contribution in [2.45, 2.75) is 51.4 Å². The smallest absolute Gasteiger partial charge is 0.305 e. The van der Waals surface area contributed by atoms with Gasteiger partial charge in [-0.3, -0.25) is 9.79 Å². The maximum Gasteiger partial charge on any atom is 0.305 e. The van der Waals surface area contributed by atoms with Crippen molar-refractivity contribution in [2.24, 2.45) is 10.4 Å². The molecule has 0 unspecified atom stereocenters. The lowest BCUT2D eigenvalue weighted by Crippen LogP contribution is -2.43. The van der Waals surface area contributed by atoms with Crippen LogP contribution in [0.15, 0.2) is 4.99 Å². The van der Waals surface area contributed by atoms with Gasteiger partial charge in [0.1, 0.15) is 0 Å². The number of unbranched alkanes of at least 4 members (excludes halogenated alkanes) is 1. The van der Waals surface area contributed by atoms with Crippen LogP contribution in [0.25, 0.3) is 0 Å². The first-order chi connectivity index (χ1) is 11.2. The number of carbonyl (C=O) groups is 1. The molecule has 0 radical (unpaired) electrons. The molecule has 23 heavy (non-hydrogen) atoms. The highest BCUT2D eigenvalue weighted by Crippen LogP contribution is 2.40. The van der Waals surface area contributed by atoms with Gasteiger partial charge < -0.3 is 20.1 Å². The summed E-state index contributed by atoms with van der Waals surface area (Å²) >= 11 is 0. The molecule has 0 amide bonds. The number of aliphatic imine (C=N–C) groups is 1. The highest BCUT2D eigenvalue weighted by Gasteiger charge is 2.33. The fraction of sp³-hybridized carbons (Fsp3) is 0.882. The molecule has 0 aromatic carbocycles. The predicted molar refractivity (Wildman–Crippen MR) is 92.6 cm³/mol. The molecule has 0 saturated heterocycles. The van der Waals surface area contributed by atoms with Gasteiger partial charge in [0.2, 0.25) is 0 Å². The topological polar surface area (TPSA) is 72.0 Å². The van der Waals surface area contributed by atoms with Gasteiger partial charge in [-0.05, 0) is 37.5 Å². The van der Waals surface area contributed by atoms with E-state index in [1.54, 1.807) is 14.2 Å². The first-order valence-corrected chi connectivity index (χ1v) is 8.66. The first-order valence-electron chi connectivity index (χ1n) is 8.66. The van der Waals surface area contributed by atoms with Crippen LogP contribution in [0.3, 0.4) is 0 Å². The minimum absolute atomic E-state index is 0.145. The molecule has 1 aliphatic carbocycles. The van der Waals surface area contributed by atoms with Crippen molar-refractivity contribution in [3.8, 4) is 0 Å². The summed E-state index contributed by atoms with van der Waals surface area (Å²) in [5, 5.41) is 6.78. The van der Waals surface area contributed by atoms with Gasteiger partial charge in [0.15, 0.2) is 5.96 Å². The Bertz CT molecular complexity index is 366. The molecule has 1 fully saturated rings. The standard InChI is InChI=1S/C17H33N3O3/c1-18-16(19-12-7-4-8-15(21)23-3)20-14-17(11-13-22-2)9-5-6-10-17/h4-14H2,1-3H3,(H2,18,19,20). The van der Waals surface area contributed by atoms with Crippen LogP contribution in [-0.4, -0.2) is 52.9 Å². The van der Waals surface area contributed by atoms with Gasteiger partial charge in [-0.25, -0.2) is 0 Å². The molecule has 0 aromatic rings. The lowest BCUT2D eigenvalue weighted by atomic mass is 9.83. The molecule has 1 saturated carbocycles. The van der Waals surface area contributed by atoms with Crippen molar-refractivity contribution in [1.29, 1.82) is 0 Å². The Morgan fingerprint density at radius 1 is 1.17 bits per heavy atom. The minimum atomic E-state index is -0.145. The van der Waals surface area contributed by atoms with Crippen molar-refractivity contribution in [2.75, 3.05) is 41.0 Å². The van der Waals surface area contributed by atoms with E-state index in [4.69, 9.17) is 4.74 Å². The molecule has 0 atom stereocenters. The van der Waals surface area contributed by atoms with Crippen molar-refractivity contribution in [1.82, 2.24) is 10.6 Å². The van der Waals surface area contributed by atoms with Crippen LogP contribution in [0, 0.1) is 5.41 Å². The lowest BCUT2D eigenvalue weighted by Gasteiger charge is -2.30. The number of hydrogen-bond acceptors (Lipinski definition) is 4. The Hall–Kier alpha value is -1.30. The third kappa shape index (κ3) is 7.68. The number of nitrogens with zero attached hydrogens (tertiary/aromatic N) is 1. The fourth-order valence-corrected chi connectivity index (χ4v) is 3.15. The highest BCUT2D eigenvalue weighted by molar-refractivity contribution is 5.79. The molecule has 0 heterocycles. The molecule has 1 aliphatic rings. The Balaban J connectivity index is 2.25. The number of methoxy groups -OCH3 is 2. The van der Waals surface area contributed by atoms with Gasteiger partial charge in [0.25, 0.3) is 0 Å². The van der Waals surface area contributed by atoms with E-state index in [0.29, 0.717) is 11.8 Å². The normalized spacial score (nSPS) is 17.1. The van der Waals surface area contributed by atoms with Gasteiger partial charge in [-0.1, -0.05) is 12.8 Å². The number of ether oxygens (including phenoxy) is 2. The molecular formula is C17H33N3O3. The summed E-state index contributed by atoms with van der Waals surface area (Å²) in [7, 11) is 4.99. The molecule has 0 spiro atoms. The van der Waals surface area contributed by atoms with Gasteiger partial charge in [0.05, 0.1) is 7.11 Å². The van der Waals surface area contributed by atoms with E-state index in [1.807, 2.05) is 0 Å². The van der Waals surface area contributed by atoms with E-state index >= 15 is 0 Å². The van der Waals surface area contributed by atoms with E-state index in [0.717, 1.165) is 44.9 Å². The second kappa shape index (κ2) is 11.3. The van der Waals surface area contributed by atoms with E-state index in [2.05, 4.69) is 20.4 Å². The maximum atomic E-state index is 11.0. The van der Waals surface area contributed by atoms with Crippen LogP contribution in [0.1, 0.15) is 51.4 Å². The zero-order valence-electron chi connectivity index (χ0n) is 15.0. The first kappa shape index (κ1) is 19.7. The van der Waals surface area contributed by atoms with Crippen LogP contribution >= 0.6 is 0 Å². The summed E-state index contributed by atoms with van der Waals surface area (Å²) in [6.07, 6.45) is 8.48. The SMILES string of the molecule is CN=C(NCCCCC(=O)OC)NCC1(CCOC)CCCC1. The van der Waals surface area contributed by atoms with Gasteiger partial charge in [-0.15, -0.1) is 0 Å². The summed E-state index contributed by atoms with van der Waals surface area (Å²) < 4.78 is 9.90. The molecule has 2 N–H and O–H groups in total. The van der Waals surface area contributed by atoms with Crippen LogP contribution in [0.2, 0.25) is 0 Å². The Labute approximate surface area is 140 Å². The average Bonchev–Trinajstić information content (AvgIpc) is 3.04. The molecular weight excluding hydrogens is 294 g/mol. The van der Waals surface area contributed by atoms with Crippen LogP contribution < -0.4 is 10.6 Å². The second-order valence-electron chi connectivity index (χ2n) is 6.34. The number of guanidine groups is 1. The summed E-state index contributed by atoms with van der Waals surface area (Å²) in [6.45, 7) is 2.57. The Morgan fingerprint density at radius 3 is 2.52 bits per heavy atom. The summed E-state index contributed by atoms with van der Waals surface area (Å²) in [5.74, 6) is 0.695. The quantitative estimate of drug-likeness (QED) is 0.278. The van der Waals surface area contributed by atoms with E-state index in [1.165, 1.54) is 32.8 Å². The number of esters is 1. The number of hydrogen-bond donors (Lipinski definition) is 2. The molecule has 6 nitrogen and oxygen atoms in total. The van der Waals surface area contributed by atoms with Gasteiger partial charge in [0, 0.05) is 40.3 Å². The minimum Gasteiger partial charge on any atom is -0.469 e. The fourth-order valence-electron chi connectivity index (χ4n) is 3.15. The molecule has 1 rings (SSSR count). The van der Waals surface area contributed by atoms with Crippen molar-refractivity contribution in [3.63, 3.8) is 0 Å². The van der Waals surface area contributed by atoms with Crippen LogP contribution in [0.5, 0.6) is 0 Å². The van der Waals surface area contributed by atoms with E-state index in [9.17, 15) is 4.79 Å².